The lowest BCUT2D eigenvalue weighted by Crippen LogP contribution is -2.28. The molecule has 1 saturated heterocycles. The number of benzene rings is 3. The molecule has 35 heavy (non-hydrogen) atoms. The number of hydrogen-bond donors (Lipinski definition) is 1. The number of rotatable bonds is 4. The topological polar surface area (TPSA) is 83.4 Å². The van der Waals surface area contributed by atoms with Crippen LogP contribution in [-0.4, -0.2) is 29.8 Å². The van der Waals surface area contributed by atoms with Gasteiger partial charge in [0.15, 0.2) is 5.71 Å². The van der Waals surface area contributed by atoms with Gasteiger partial charge in [0.25, 0.3) is 11.8 Å². The summed E-state index contributed by atoms with van der Waals surface area (Å²) in [5.41, 5.74) is 1.78. The van der Waals surface area contributed by atoms with Crippen molar-refractivity contribution >= 4 is 51.9 Å². The standard InChI is InChI=1S/C25H16F2N4O3S/c1-34-18-9-7-17(8-10-18)31-24(33)21(12-14-2-4-15(26)5-3-14)35-25(31)30-29-22-19-13-16(27)6-11-20(19)28-23(22)32/h2-13H,1H3,(H,28,29,32). The van der Waals surface area contributed by atoms with Gasteiger partial charge < -0.3 is 10.1 Å². The van der Waals surface area contributed by atoms with E-state index in [1.54, 1.807) is 42.5 Å². The van der Waals surface area contributed by atoms with Crippen LogP contribution in [0.2, 0.25) is 0 Å². The molecule has 7 nitrogen and oxygen atoms in total. The average molecular weight is 490 g/mol. The van der Waals surface area contributed by atoms with Gasteiger partial charge in [-0.2, -0.15) is 0 Å². The van der Waals surface area contributed by atoms with E-state index in [2.05, 4.69) is 15.5 Å². The van der Waals surface area contributed by atoms with E-state index >= 15 is 0 Å². The molecule has 1 fully saturated rings. The Labute approximate surface area is 202 Å². The summed E-state index contributed by atoms with van der Waals surface area (Å²) < 4.78 is 32.2. The van der Waals surface area contributed by atoms with Gasteiger partial charge in [0.05, 0.1) is 23.4 Å². The van der Waals surface area contributed by atoms with Crippen LogP contribution in [0.25, 0.3) is 6.08 Å². The third kappa shape index (κ3) is 4.43. The zero-order valence-electron chi connectivity index (χ0n) is 18.2. The van der Waals surface area contributed by atoms with Crippen LogP contribution in [0.15, 0.2) is 81.8 Å². The fourth-order valence-corrected chi connectivity index (χ4v) is 4.46. The highest BCUT2D eigenvalue weighted by Gasteiger charge is 2.35. The molecule has 3 aromatic rings. The number of nitrogens with zero attached hydrogens (tertiary/aromatic N) is 3. The van der Waals surface area contributed by atoms with Crippen molar-refractivity contribution in [3.8, 4) is 5.75 Å². The second-order valence-electron chi connectivity index (χ2n) is 7.48. The first-order chi connectivity index (χ1) is 16.9. The van der Waals surface area contributed by atoms with Gasteiger partial charge in [-0.3, -0.25) is 14.5 Å². The molecule has 2 aliphatic heterocycles. The molecule has 2 heterocycles. The summed E-state index contributed by atoms with van der Waals surface area (Å²) in [6, 6.07) is 16.3. The van der Waals surface area contributed by atoms with Crippen LogP contribution in [0.4, 0.5) is 20.2 Å². The van der Waals surface area contributed by atoms with Crippen molar-refractivity contribution in [1.82, 2.24) is 0 Å². The smallest absolute Gasteiger partial charge is 0.276 e. The Morgan fingerprint density at radius 2 is 1.66 bits per heavy atom. The van der Waals surface area contributed by atoms with Gasteiger partial charge in [0, 0.05) is 5.56 Å². The number of thioether (sulfide) groups is 1. The van der Waals surface area contributed by atoms with Crippen LogP contribution in [-0.2, 0) is 9.59 Å². The Bertz CT molecular complexity index is 1430. The molecular weight excluding hydrogens is 474 g/mol. The molecule has 0 saturated carbocycles. The number of carbonyl (C=O) groups is 2. The van der Waals surface area contributed by atoms with Crippen LogP contribution >= 0.6 is 11.8 Å². The van der Waals surface area contributed by atoms with Crippen LogP contribution < -0.4 is 15.0 Å². The van der Waals surface area contributed by atoms with Crippen LogP contribution in [0.5, 0.6) is 5.75 Å². The van der Waals surface area contributed by atoms with Crippen molar-refractivity contribution in [2.75, 3.05) is 17.3 Å². The summed E-state index contributed by atoms with van der Waals surface area (Å²) in [7, 11) is 1.53. The van der Waals surface area contributed by atoms with Crippen LogP contribution in [0, 0.1) is 11.6 Å². The Balaban J connectivity index is 1.56. The number of ether oxygens (including phenoxy) is 1. The summed E-state index contributed by atoms with van der Waals surface area (Å²) in [6.07, 6.45) is 1.62. The number of methoxy groups -OCH3 is 1. The lowest BCUT2D eigenvalue weighted by Gasteiger charge is -2.15. The lowest BCUT2D eigenvalue weighted by molar-refractivity contribution is -0.113. The molecule has 2 amide bonds. The molecule has 0 aromatic heterocycles. The first-order valence-corrected chi connectivity index (χ1v) is 11.1. The fraction of sp³-hybridized carbons (Fsp3) is 0.0400. The van der Waals surface area contributed by atoms with Crippen molar-refractivity contribution in [3.63, 3.8) is 0 Å². The largest absolute Gasteiger partial charge is 0.497 e. The van der Waals surface area contributed by atoms with E-state index in [4.69, 9.17) is 4.74 Å². The monoisotopic (exact) mass is 490 g/mol. The maximum absolute atomic E-state index is 13.8. The predicted molar refractivity (Wildman–Crippen MR) is 131 cm³/mol. The molecule has 0 bridgehead atoms. The lowest BCUT2D eigenvalue weighted by atomic mass is 10.1. The summed E-state index contributed by atoms with van der Waals surface area (Å²) >= 11 is 1.05. The Morgan fingerprint density at radius 3 is 2.37 bits per heavy atom. The highest BCUT2D eigenvalue weighted by molar-refractivity contribution is 8.19. The minimum absolute atomic E-state index is 0.0642. The average Bonchev–Trinajstić information content (AvgIpc) is 3.34. The highest BCUT2D eigenvalue weighted by atomic mass is 32.2. The molecule has 0 spiro atoms. The van der Waals surface area contributed by atoms with Gasteiger partial charge in [0.1, 0.15) is 17.4 Å². The number of fused-ring (bicyclic) bond motifs is 1. The minimum Gasteiger partial charge on any atom is -0.497 e. The maximum atomic E-state index is 13.8. The zero-order valence-corrected chi connectivity index (χ0v) is 19.0. The van der Waals surface area contributed by atoms with E-state index < -0.39 is 11.7 Å². The van der Waals surface area contributed by atoms with Crippen LogP contribution in [0.1, 0.15) is 11.1 Å². The van der Waals surface area contributed by atoms with E-state index in [-0.39, 0.29) is 28.2 Å². The molecule has 174 valence electrons. The molecular formula is C25H16F2N4O3S. The van der Waals surface area contributed by atoms with E-state index in [1.165, 1.54) is 42.3 Å². The Kier molecular flexibility index (Phi) is 5.87. The van der Waals surface area contributed by atoms with Crippen molar-refractivity contribution in [3.05, 3.63) is 94.4 Å². The first-order valence-electron chi connectivity index (χ1n) is 10.3. The van der Waals surface area contributed by atoms with Gasteiger partial charge in [-0.25, -0.2) is 8.78 Å². The summed E-state index contributed by atoms with van der Waals surface area (Å²) in [6.45, 7) is 0. The number of amides is 2. The molecule has 1 N–H and O–H groups in total. The summed E-state index contributed by atoms with van der Waals surface area (Å²) in [4.78, 5) is 27.4. The molecule has 3 aromatic carbocycles. The number of amidine groups is 1. The van der Waals surface area contributed by atoms with Gasteiger partial charge in [-0.1, -0.05) is 12.1 Å². The number of anilines is 2. The summed E-state index contributed by atoms with van der Waals surface area (Å²) in [5.74, 6) is -1.19. The second kappa shape index (κ2) is 9.15. The molecule has 0 radical (unpaired) electrons. The third-order valence-corrected chi connectivity index (χ3v) is 6.20. The van der Waals surface area contributed by atoms with E-state index in [0.717, 1.165) is 11.8 Å². The second-order valence-corrected chi connectivity index (χ2v) is 8.49. The molecule has 0 atom stereocenters. The van der Waals surface area contributed by atoms with Crippen molar-refractivity contribution in [1.29, 1.82) is 0 Å². The van der Waals surface area contributed by atoms with Gasteiger partial charge in [-0.15, -0.1) is 10.2 Å². The highest BCUT2D eigenvalue weighted by Crippen LogP contribution is 2.37. The molecule has 0 unspecified atom stereocenters. The van der Waals surface area contributed by atoms with Crippen LogP contribution in [0.3, 0.4) is 0 Å². The van der Waals surface area contributed by atoms with Gasteiger partial charge in [-0.05, 0) is 78.0 Å². The normalized spacial score (nSPS) is 18.5. The summed E-state index contributed by atoms with van der Waals surface area (Å²) in [5, 5.41) is 11.1. The minimum atomic E-state index is -0.526. The third-order valence-electron chi connectivity index (χ3n) is 5.24. The number of nitrogens with one attached hydrogen (secondary N) is 1. The molecule has 0 aliphatic carbocycles. The van der Waals surface area contributed by atoms with Gasteiger partial charge in [0.2, 0.25) is 5.17 Å². The maximum Gasteiger partial charge on any atom is 0.276 e. The molecule has 2 aliphatic rings. The Morgan fingerprint density at radius 1 is 0.943 bits per heavy atom. The number of carbonyl (C=O) groups excluding carboxylic acids is 2. The van der Waals surface area contributed by atoms with Crippen molar-refractivity contribution < 1.29 is 23.1 Å². The number of halogens is 2. The Hall–Kier alpha value is -4.31. The van der Waals surface area contributed by atoms with Crippen molar-refractivity contribution in [2.45, 2.75) is 0 Å². The molecule has 10 heteroatoms. The van der Waals surface area contributed by atoms with E-state index in [1.807, 2.05) is 0 Å². The van der Waals surface area contributed by atoms with Gasteiger partial charge >= 0.3 is 0 Å². The van der Waals surface area contributed by atoms with E-state index in [0.29, 0.717) is 27.6 Å². The molecule has 5 rings (SSSR count). The fourth-order valence-electron chi connectivity index (χ4n) is 3.53. The predicted octanol–water partition coefficient (Wildman–Crippen LogP) is 4.81. The quantitative estimate of drug-likeness (QED) is 0.421. The first kappa shape index (κ1) is 22.5. The zero-order chi connectivity index (χ0) is 24.5. The SMILES string of the molecule is COc1ccc(N2C(=O)C(=Cc3ccc(F)cc3)SC2=NN=C2C(=O)Nc3ccc(F)cc32)cc1. The van der Waals surface area contributed by atoms with Crippen molar-refractivity contribution in [2.24, 2.45) is 10.2 Å². The number of hydrogen-bond acceptors (Lipinski definition) is 6. The van der Waals surface area contributed by atoms with E-state index in [9.17, 15) is 18.4 Å².